The summed E-state index contributed by atoms with van der Waals surface area (Å²) in [5, 5.41) is 7.96. The van der Waals surface area contributed by atoms with Crippen LogP contribution in [0.3, 0.4) is 0 Å². The Hall–Kier alpha value is -1.97. The third kappa shape index (κ3) is 3.74. The van der Waals surface area contributed by atoms with Crippen LogP contribution in [0, 0.1) is 0 Å². The number of hydrogen-bond donors (Lipinski definition) is 0. The minimum absolute atomic E-state index is 0.161. The standard InChI is InChI=1S/C17H21N3O5S/c1-26(21,22)20-7-8-23-15(10-20)17-19-18-16(25-17)11-24-14-6-5-12-3-2-4-13(12)9-14/h5-6,9,15H,2-4,7-8,10-11H2,1H3/t15-/m1/s1. The molecule has 1 aromatic carbocycles. The molecule has 0 N–H and O–H groups in total. The quantitative estimate of drug-likeness (QED) is 0.776. The molecule has 0 saturated carbocycles. The number of sulfonamides is 1. The summed E-state index contributed by atoms with van der Waals surface area (Å²) in [6.45, 7) is 0.958. The number of morpholine rings is 1. The largest absolute Gasteiger partial charge is 0.484 e. The van der Waals surface area contributed by atoms with Gasteiger partial charge in [-0.15, -0.1) is 10.2 Å². The Morgan fingerprint density at radius 2 is 2.12 bits per heavy atom. The Labute approximate surface area is 152 Å². The highest BCUT2D eigenvalue weighted by atomic mass is 32.2. The molecule has 1 aliphatic heterocycles. The summed E-state index contributed by atoms with van der Waals surface area (Å²) in [7, 11) is -3.27. The number of rotatable bonds is 5. The summed E-state index contributed by atoms with van der Waals surface area (Å²) < 4.78 is 41.7. The third-order valence-corrected chi connectivity index (χ3v) is 5.96. The summed E-state index contributed by atoms with van der Waals surface area (Å²) in [5.41, 5.74) is 2.73. The van der Waals surface area contributed by atoms with E-state index in [0.29, 0.717) is 19.0 Å². The summed E-state index contributed by atoms with van der Waals surface area (Å²) >= 11 is 0. The molecule has 0 unspecified atom stereocenters. The molecule has 0 radical (unpaired) electrons. The van der Waals surface area contributed by atoms with Crippen LogP contribution in [-0.2, 0) is 34.2 Å². The van der Waals surface area contributed by atoms with Gasteiger partial charge in [0.05, 0.1) is 12.9 Å². The van der Waals surface area contributed by atoms with Gasteiger partial charge in [-0.25, -0.2) is 8.42 Å². The molecule has 1 aromatic heterocycles. The van der Waals surface area contributed by atoms with Crippen molar-refractivity contribution >= 4 is 10.0 Å². The monoisotopic (exact) mass is 379 g/mol. The second kappa shape index (κ2) is 6.98. The topological polar surface area (TPSA) is 94.8 Å². The average molecular weight is 379 g/mol. The maximum absolute atomic E-state index is 11.7. The van der Waals surface area contributed by atoms with Gasteiger partial charge in [0.2, 0.25) is 15.9 Å². The fraction of sp³-hybridized carbons (Fsp3) is 0.529. The lowest BCUT2D eigenvalue weighted by Crippen LogP contribution is -2.41. The molecule has 9 heteroatoms. The highest BCUT2D eigenvalue weighted by molar-refractivity contribution is 7.88. The molecule has 2 aliphatic rings. The second-order valence-electron chi connectivity index (χ2n) is 6.59. The molecule has 4 rings (SSSR count). The van der Waals surface area contributed by atoms with Crippen LogP contribution in [0.1, 0.15) is 35.4 Å². The molecule has 1 saturated heterocycles. The molecular weight excluding hydrogens is 358 g/mol. The lowest BCUT2D eigenvalue weighted by Gasteiger charge is -2.29. The van der Waals surface area contributed by atoms with Crippen LogP contribution in [0.25, 0.3) is 0 Å². The van der Waals surface area contributed by atoms with Crippen molar-refractivity contribution in [1.29, 1.82) is 0 Å². The fourth-order valence-electron chi connectivity index (χ4n) is 3.31. The predicted molar refractivity (Wildman–Crippen MR) is 92.2 cm³/mol. The highest BCUT2D eigenvalue weighted by Gasteiger charge is 2.31. The molecule has 8 nitrogen and oxygen atoms in total. The lowest BCUT2D eigenvalue weighted by atomic mass is 10.1. The third-order valence-electron chi connectivity index (χ3n) is 4.69. The summed E-state index contributed by atoms with van der Waals surface area (Å²) in [6.07, 6.45) is 4.04. The number of aryl methyl sites for hydroxylation is 2. The number of aromatic nitrogens is 2. The zero-order valence-corrected chi connectivity index (χ0v) is 15.4. The van der Waals surface area contributed by atoms with Crippen LogP contribution in [0.15, 0.2) is 22.6 Å². The Morgan fingerprint density at radius 1 is 1.27 bits per heavy atom. The Kier molecular flexibility index (Phi) is 4.68. The minimum atomic E-state index is -3.27. The second-order valence-corrected chi connectivity index (χ2v) is 8.57. The van der Waals surface area contributed by atoms with Gasteiger partial charge in [-0.3, -0.25) is 0 Å². The molecule has 0 bridgehead atoms. The molecule has 2 heterocycles. The Balaban J connectivity index is 1.39. The van der Waals surface area contributed by atoms with Gasteiger partial charge >= 0.3 is 0 Å². The number of benzene rings is 1. The predicted octanol–water partition coefficient (Wildman–Crippen LogP) is 1.47. The van der Waals surface area contributed by atoms with E-state index >= 15 is 0 Å². The zero-order chi connectivity index (χ0) is 18.1. The van der Waals surface area contributed by atoms with Gasteiger partial charge in [-0.05, 0) is 42.5 Å². The van der Waals surface area contributed by atoms with E-state index in [4.69, 9.17) is 13.9 Å². The lowest BCUT2D eigenvalue weighted by molar-refractivity contribution is -0.0180. The number of nitrogens with zero attached hydrogens (tertiary/aromatic N) is 3. The van der Waals surface area contributed by atoms with E-state index in [2.05, 4.69) is 22.3 Å². The van der Waals surface area contributed by atoms with Crippen molar-refractivity contribution in [1.82, 2.24) is 14.5 Å². The summed E-state index contributed by atoms with van der Waals surface area (Å²) in [6, 6.07) is 6.12. The first kappa shape index (κ1) is 17.4. The molecule has 1 atom stereocenters. The highest BCUT2D eigenvalue weighted by Crippen LogP contribution is 2.27. The summed E-state index contributed by atoms with van der Waals surface area (Å²) in [5.74, 6) is 1.38. The molecule has 0 amide bonds. The van der Waals surface area contributed by atoms with Crippen LogP contribution < -0.4 is 4.74 Å². The van der Waals surface area contributed by atoms with E-state index in [9.17, 15) is 8.42 Å². The van der Waals surface area contributed by atoms with E-state index in [0.717, 1.165) is 18.6 Å². The van der Waals surface area contributed by atoms with Crippen molar-refractivity contribution in [2.24, 2.45) is 0 Å². The molecule has 2 aromatic rings. The molecule has 0 spiro atoms. The van der Waals surface area contributed by atoms with Gasteiger partial charge in [0.15, 0.2) is 6.61 Å². The van der Waals surface area contributed by atoms with Crippen molar-refractivity contribution in [2.75, 3.05) is 26.0 Å². The van der Waals surface area contributed by atoms with Crippen molar-refractivity contribution in [2.45, 2.75) is 32.0 Å². The maximum atomic E-state index is 11.7. The Bertz CT molecular complexity index is 896. The van der Waals surface area contributed by atoms with Crippen LogP contribution in [0.2, 0.25) is 0 Å². The number of ether oxygens (including phenoxy) is 2. The van der Waals surface area contributed by atoms with Crippen molar-refractivity contribution < 1.29 is 22.3 Å². The molecular formula is C17H21N3O5S. The van der Waals surface area contributed by atoms with Crippen LogP contribution >= 0.6 is 0 Å². The maximum Gasteiger partial charge on any atom is 0.254 e. The average Bonchev–Trinajstić information content (AvgIpc) is 3.28. The molecule has 26 heavy (non-hydrogen) atoms. The molecule has 140 valence electrons. The van der Waals surface area contributed by atoms with Crippen LogP contribution in [0.4, 0.5) is 0 Å². The van der Waals surface area contributed by atoms with Crippen molar-refractivity contribution in [3.05, 3.63) is 41.1 Å². The van der Waals surface area contributed by atoms with Gasteiger partial charge in [0.25, 0.3) is 5.89 Å². The van der Waals surface area contributed by atoms with Gasteiger partial charge in [-0.2, -0.15) is 4.31 Å². The van der Waals surface area contributed by atoms with Gasteiger partial charge < -0.3 is 13.9 Å². The van der Waals surface area contributed by atoms with E-state index < -0.39 is 16.1 Å². The van der Waals surface area contributed by atoms with E-state index in [1.165, 1.54) is 28.1 Å². The van der Waals surface area contributed by atoms with Crippen LogP contribution in [-0.4, -0.2) is 48.9 Å². The normalized spacial score (nSPS) is 20.9. The smallest absolute Gasteiger partial charge is 0.254 e. The fourth-order valence-corrected chi connectivity index (χ4v) is 4.13. The molecule has 1 fully saturated rings. The van der Waals surface area contributed by atoms with Crippen molar-refractivity contribution in [3.63, 3.8) is 0 Å². The van der Waals surface area contributed by atoms with Gasteiger partial charge in [-0.1, -0.05) is 6.07 Å². The van der Waals surface area contributed by atoms with E-state index in [1.807, 2.05) is 6.07 Å². The minimum Gasteiger partial charge on any atom is -0.484 e. The van der Waals surface area contributed by atoms with E-state index in [1.54, 1.807) is 0 Å². The molecule has 1 aliphatic carbocycles. The Morgan fingerprint density at radius 3 is 2.96 bits per heavy atom. The number of hydrogen-bond acceptors (Lipinski definition) is 7. The van der Waals surface area contributed by atoms with Gasteiger partial charge in [0.1, 0.15) is 11.9 Å². The first-order valence-corrected chi connectivity index (χ1v) is 10.5. The SMILES string of the molecule is CS(=O)(=O)N1CCO[C@@H](c2nnc(COc3ccc4c(c3)CCC4)o2)C1. The number of fused-ring (bicyclic) bond motifs is 1. The van der Waals surface area contributed by atoms with Crippen molar-refractivity contribution in [3.8, 4) is 5.75 Å². The van der Waals surface area contributed by atoms with E-state index in [-0.39, 0.29) is 19.0 Å². The van der Waals surface area contributed by atoms with Gasteiger partial charge in [0, 0.05) is 13.1 Å². The summed E-state index contributed by atoms with van der Waals surface area (Å²) in [4.78, 5) is 0. The van der Waals surface area contributed by atoms with Crippen LogP contribution in [0.5, 0.6) is 5.75 Å². The zero-order valence-electron chi connectivity index (χ0n) is 14.6. The first-order valence-electron chi connectivity index (χ1n) is 8.62. The first-order chi connectivity index (χ1) is 12.5.